The summed E-state index contributed by atoms with van der Waals surface area (Å²) < 4.78 is 37.2. The predicted octanol–water partition coefficient (Wildman–Crippen LogP) is 2.26. The summed E-state index contributed by atoms with van der Waals surface area (Å²) in [5, 5.41) is 2.78. The third-order valence-corrected chi connectivity index (χ3v) is 3.11. The Hall–Kier alpha value is -2.05. The molecular weight excluding hydrogens is 273 g/mol. The fourth-order valence-corrected chi connectivity index (χ4v) is 2.08. The van der Waals surface area contributed by atoms with Crippen LogP contribution >= 0.6 is 0 Å². The number of carbonyl (C=O) groups excluding carboxylic acids is 2. The van der Waals surface area contributed by atoms with Crippen molar-refractivity contribution in [3.05, 3.63) is 29.8 Å². The Morgan fingerprint density at radius 2 is 1.85 bits per heavy atom. The van der Waals surface area contributed by atoms with Gasteiger partial charge in [-0.15, -0.1) is 0 Å². The number of likely N-dealkylation sites (tertiary alicyclic amines) is 1. The molecule has 1 aliphatic rings. The molecule has 1 aromatic carbocycles. The molecule has 1 aromatic rings. The maximum atomic E-state index is 12.4. The molecule has 1 saturated heterocycles. The quantitative estimate of drug-likeness (QED) is 0.867. The van der Waals surface area contributed by atoms with Crippen molar-refractivity contribution in [3.8, 4) is 0 Å². The van der Waals surface area contributed by atoms with Gasteiger partial charge in [0, 0.05) is 12.2 Å². The molecule has 0 radical (unpaired) electrons. The lowest BCUT2D eigenvalue weighted by molar-refractivity contribution is -0.139. The van der Waals surface area contributed by atoms with Gasteiger partial charge in [0.25, 0.3) is 5.91 Å². The summed E-state index contributed by atoms with van der Waals surface area (Å²) in [6.07, 6.45) is -4.37. The molecule has 2 rings (SSSR count). The zero-order valence-corrected chi connectivity index (χ0v) is 10.7. The number of nitrogens with one attached hydrogen (secondary N) is 1. The lowest BCUT2D eigenvalue weighted by Crippen LogP contribution is -2.34. The number of benzene rings is 1. The summed E-state index contributed by atoms with van der Waals surface area (Å²) in [5.74, 6) is -0.626. The largest absolute Gasteiger partial charge is 0.416 e. The summed E-state index contributed by atoms with van der Waals surface area (Å²) in [6, 6.07) is 3.64. The molecule has 0 spiro atoms. The molecule has 1 aliphatic heterocycles. The van der Waals surface area contributed by atoms with E-state index in [0.717, 1.165) is 17.0 Å². The van der Waals surface area contributed by atoms with E-state index in [1.54, 1.807) is 6.92 Å². The van der Waals surface area contributed by atoms with Crippen molar-refractivity contribution < 1.29 is 22.8 Å². The minimum Gasteiger partial charge on any atom is -0.373 e. The first-order valence-corrected chi connectivity index (χ1v) is 6.11. The molecule has 0 saturated carbocycles. The highest BCUT2D eigenvalue weighted by Crippen LogP contribution is 2.30. The van der Waals surface area contributed by atoms with Crippen molar-refractivity contribution in [1.29, 1.82) is 0 Å². The number of hydrogen-bond acceptors (Lipinski definition) is 3. The molecule has 1 N–H and O–H groups in total. The summed E-state index contributed by atoms with van der Waals surface area (Å²) in [5.41, 5.74) is -0.380. The molecule has 1 atom stereocenters. The molecule has 7 heteroatoms. The van der Waals surface area contributed by atoms with Crippen LogP contribution in [0, 0.1) is 0 Å². The maximum absolute atomic E-state index is 12.4. The van der Waals surface area contributed by atoms with E-state index in [1.165, 1.54) is 12.1 Å². The van der Waals surface area contributed by atoms with Crippen LogP contribution in [-0.4, -0.2) is 29.3 Å². The van der Waals surface area contributed by atoms with Crippen LogP contribution in [0.4, 0.5) is 18.9 Å². The Balaban J connectivity index is 2.08. The Morgan fingerprint density at radius 3 is 2.30 bits per heavy atom. The van der Waals surface area contributed by atoms with Gasteiger partial charge in [-0.25, -0.2) is 0 Å². The molecule has 20 heavy (non-hydrogen) atoms. The number of nitrogens with zero attached hydrogens (tertiary/aromatic N) is 1. The second-order valence-corrected chi connectivity index (χ2v) is 4.45. The molecule has 2 amide bonds. The van der Waals surface area contributed by atoms with Gasteiger partial charge in [0.05, 0.1) is 12.0 Å². The van der Waals surface area contributed by atoms with Gasteiger partial charge < -0.3 is 5.32 Å². The fourth-order valence-electron chi connectivity index (χ4n) is 2.08. The minimum atomic E-state index is -4.39. The number of halogens is 3. The highest BCUT2D eigenvalue weighted by atomic mass is 19.4. The van der Waals surface area contributed by atoms with Crippen LogP contribution in [0.5, 0.6) is 0 Å². The summed E-state index contributed by atoms with van der Waals surface area (Å²) in [4.78, 5) is 24.5. The van der Waals surface area contributed by atoms with Crippen molar-refractivity contribution in [1.82, 2.24) is 4.90 Å². The number of amides is 2. The Bertz CT molecular complexity index is 525. The van der Waals surface area contributed by atoms with Gasteiger partial charge >= 0.3 is 6.18 Å². The number of likely N-dealkylation sites (N-methyl/N-ethyl adjacent to an activating group) is 1. The zero-order chi connectivity index (χ0) is 14.9. The van der Waals surface area contributed by atoms with Crippen molar-refractivity contribution in [3.63, 3.8) is 0 Å². The molecule has 0 aromatic heterocycles. The van der Waals surface area contributed by atoms with Gasteiger partial charge in [0.2, 0.25) is 5.91 Å². The topological polar surface area (TPSA) is 49.4 Å². The number of anilines is 1. The third kappa shape index (κ3) is 2.76. The van der Waals surface area contributed by atoms with E-state index in [9.17, 15) is 22.8 Å². The van der Waals surface area contributed by atoms with Crippen LogP contribution in [-0.2, 0) is 15.8 Å². The van der Waals surface area contributed by atoms with E-state index in [-0.39, 0.29) is 18.2 Å². The van der Waals surface area contributed by atoms with Crippen LogP contribution in [0.2, 0.25) is 0 Å². The summed E-state index contributed by atoms with van der Waals surface area (Å²) >= 11 is 0. The lowest BCUT2D eigenvalue weighted by Gasteiger charge is -2.14. The average Bonchev–Trinajstić information content (AvgIpc) is 2.63. The van der Waals surface area contributed by atoms with Crippen LogP contribution in [0.25, 0.3) is 0 Å². The van der Waals surface area contributed by atoms with E-state index >= 15 is 0 Å². The van der Waals surface area contributed by atoms with Crippen molar-refractivity contribution in [2.75, 3.05) is 11.9 Å². The van der Waals surface area contributed by atoms with Crippen LogP contribution in [0.15, 0.2) is 24.3 Å². The van der Waals surface area contributed by atoms with Crippen molar-refractivity contribution in [2.24, 2.45) is 0 Å². The normalized spacial score (nSPS) is 19.6. The molecule has 0 aliphatic carbocycles. The Labute approximate surface area is 113 Å². The van der Waals surface area contributed by atoms with Crippen LogP contribution in [0.3, 0.4) is 0 Å². The minimum absolute atomic E-state index is 0.0215. The first-order valence-electron chi connectivity index (χ1n) is 6.11. The standard InChI is InChI=1S/C13H13F3N2O2/c1-2-18-11(19)7-10(12(18)20)17-9-5-3-8(4-6-9)13(14,15)16/h3-6,10,17H,2,7H2,1H3. The van der Waals surface area contributed by atoms with E-state index in [0.29, 0.717) is 12.2 Å². The summed E-state index contributed by atoms with van der Waals surface area (Å²) in [6.45, 7) is 1.99. The van der Waals surface area contributed by atoms with Gasteiger partial charge in [-0.05, 0) is 31.2 Å². The Morgan fingerprint density at radius 1 is 1.25 bits per heavy atom. The van der Waals surface area contributed by atoms with E-state index in [1.807, 2.05) is 0 Å². The molecule has 108 valence electrons. The zero-order valence-electron chi connectivity index (χ0n) is 10.7. The van der Waals surface area contributed by atoms with Gasteiger partial charge in [-0.1, -0.05) is 0 Å². The van der Waals surface area contributed by atoms with Crippen molar-refractivity contribution in [2.45, 2.75) is 25.6 Å². The second kappa shape index (κ2) is 5.15. The van der Waals surface area contributed by atoms with Gasteiger partial charge in [-0.3, -0.25) is 14.5 Å². The lowest BCUT2D eigenvalue weighted by atomic mass is 10.1. The van der Waals surface area contributed by atoms with E-state index in [2.05, 4.69) is 5.32 Å². The number of carbonyl (C=O) groups is 2. The first kappa shape index (κ1) is 14.4. The van der Waals surface area contributed by atoms with Crippen molar-refractivity contribution >= 4 is 17.5 Å². The summed E-state index contributed by atoms with van der Waals surface area (Å²) in [7, 11) is 0. The van der Waals surface area contributed by atoms with Crippen LogP contribution < -0.4 is 5.32 Å². The maximum Gasteiger partial charge on any atom is 0.416 e. The molecule has 0 bridgehead atoms. The molecule has 1 fully saturated rings. The Kier molecular flexibility index (Phi) is 3.69. The highest BCUT2D eigenvalue weighted by Gasteiger charge is 2.37. The van der Waals surface area contributed by atoms with E-state index in [4.69, 9.17) is 0 Å². The highest BCUT2D eigenvalue weighted by molar-refractivity contribution is 6.06. The third-order valence-electron chi connectivity index (χ3n) is 3.11. The molecule has 1 unspecified atom stereocenters. The molecule has 1 heterocycles. The van der Waals surface area contributed by atoms with E-state index < -0.39 is 17.8 Å². The SMILES string of the molecule is CCN1C(=O)CC(Nc2ccc(C(F)(F)F)cc2)C1=O. The monoisotopic (exact) mass is 286 g/mol. The number of alkyl halides is 3. The van der Waals surface area contributed by atoms with Gasteiger partial charge in [0.15, 0.2) is 0 Å². The predicted molar refractivity (Wildman–Crippen MR) is 65.9 cm³/mol. The number of hydrogen-bond donors (Lipinski definition) is 1. The average molecular weight is 286 g/mol. The van der Waals surface area contributed by atoms with Gasteiger partial charge in [-0.2, -0.15) is 13.2 Å². The number of imide groups is 1. The number of rotatable bonds is 3. The molecule has 4 nitrogen and oxygen atoms in total. The molecular formula is C13H13F3N2O2. The first-order chi connectivity index (χ1) is 9.32. The van der Waals surface area contributed by atoms with Crippen LogP contribution in [0.1, 0.15) is 18.9 Å². The second-order valence-electron chi connectivity index (χ2n) is 4.45. The van der Waals surface area contributed by atoms with Gasteiger partial charge in [0.1, 0.15) is 6.04 Å². The smallest absolute Gasteiger partial charge is 0.373 e. The fraction of sp³-hybridized carbons (Fsp3) is 0.385.